The van der Waals surface area contributed by atoms with Crippen LogP contribution in [0, 0.1) is 0 Å². The highest BCUT2D eigenvalue weighted by atomic mass is 32.1. The SMILES string of the molecule is C=C(CC(=C)N(C(C)=O)N(C(=S)c1ccccc1)c1ccccc1)NN(C(=S)c1ccccc1)c1ccccc1. The largest absolute Gasteiger partial charge is 0.297 e. The summed E-state index contributed by atoms with van der Waals surface area (Å²) < 4.78 is 0. The lowest BCUT2D eigenvalue weighted by atomic mass is 10.2. The van der Waals surface area contributed by atoms with Gasteiger partial charge in [0.1, 0.15) is 9.98 Å². The fourth-order valence-electron chi connectivity index (χ4n) is 4.14. The van der Waals surface area contributed by atoms with E-state index >= 15 is 0 Å². The number of hydrazine groups is 2. The number of carbonyl (C=O) groups is 1. The zero-order valence-electron chi connectivity index (χ0n) is 22.2. The molecule has 0 atom stereocenters. The van der Waals surface area contributed by atoms with Crippen LogP contribution in [-0.2, 0) is 4.79 Å². The summed E-state index contributed by atoms with van der Waals surface area (Å²) in [7, 11) is 0. The number of benzene rings is 4. The summed E-state index contributed by atoms with van der Waals surface area (Å²) >= 11 is 11.8. The molecular formula is C33H30N4OS2. The first-order valence-corrected chi connectivity index (χ1v) is 13.5. The van der Waals surface area contributed by atoms with Gasteiger partial charge in [-0.2, -0.15) is 0 Å². The van der Waals surface area contributed by atoms with Crippen molar-refractivity contribution in [3.63, 3.8) is 0 Å². The van der Waals surface area contributed by atoms with Crippen LogP contribution in [0.3, 0.4) is 0 Å². The molecule has 4 rings (SSSR count). The van der Waals surface area contributed by atoms with Crippen LogP contribution >= 0.6 is 24.4 Å². The normalized spacial score (nSPS) is 10.2. The number of para-hydroxylation sites is 2. The zero-order chi connectivity index (χ0) is 28.5. The van der Waals surface area contributed by atoms with E-state index in [1.54, 1.807) is 5.01 Å². The smallest absolute Gasteiger partial charge is 0.242 e. The minimum atomic E-state index is -0.236. The molecule has 0 radical (unpaired) electrons. The van der Waals surface area contributed by atoms with E-state index in [2.05, 4.69) is 18.6 Å². The standard InChI is InChI=1S/C33H30N4OS2/c1-25(34-35(30-20-12-6-13-21-30)32(39)28-16-8-4-9-17-28)24-26(2)36(27(3)38)37(31-22-14-7-15-23-31)33(40)29-18-10-5-11-19-29/h4-23,34H,1-2,24H2,3H3. The summed E-state index contributed by atoms with van der Waals surface area (Å²) in [5, 5.41) is 5.02. The third-order valence-corrected chi connectivity index (χ3v) is 6.76. The molecule has 0 spiro atoms. The number of amides is 1. The number of thiocarbonyl (C=S) groups is 2. The van der Waals surface area contributed by atoms with Crippen LogP contribution in [0.5, 0.6) is 0 Å². The highest BCUT2D eigenvalue weighted by Crippen LogP contribution is 2.26. The maximum absolute atomic E-state index is 13.1. The van der Waals surface area contributed by atoms with Gasteiger partial charge < -0.3 is 0 Å². The van der Waals surface area contributed by atoms with Gasteiger partial charge in [0, 0.05) is 35.9 Å². The van der Waals surface area contributed by atoms with E-state index in [1.165, 1.54) is 11.9 Å². The maximum Gasteiger partial charge on any atom is 0.242 e. The molecule has 0 aliphatic heterocycles. The Morgan fingerprint density at radius 2 is 1.10 bits per heavy atom. The Hall–Kier alpha value is -4.59. The molecule has 0 bridgehead atoms. The monoisotopic (exact) mass is 562 g/mol. The topological polar surface area (TPSA) is 38.8 Å². The molecule has 1 amide bonds. The van der Waals surface area contributed by atoms with Crippen molar-refractivity contribution in [2.24, 2.45) is 0 Å². The third kappa shape index (κ3) is 6.88. The van der Waals surface area contributed by atoms with E-state index in [4.69, 9.17) is 24.4 Å². The van der Waals surface area contributed by atoms with Crippen LogP contribution in [0.4, 0.5) is 11.4 Å². The summed E-state index contributed by atoms with van der Waals surface area (Å²) in [5.74, 6) is -0.236. The van der Waals surface area contributed by atoms with Crippen LogP contribution in [0.15, 0.2) is 146 Å². The van der Waals surface area contributed by atoms with Gasteiger partial charge in [0.05, 0.1) is 11.4 Å². The molecule has 0 unspecified atom stereocenters. The lowest BCUT2D eigenvalue weighted by Gasteiger charge is -2.38. The summed E-state index contributed by atoms with van der Waals surface area (Å²) in [6.45, 7) is 10.0. The van der Waals surface area contributed by atoms with E-state index in [1.807, 2.05) is 126 Å². The first-order valence-electron chi connectivity index (χ1n) is 12.7. The second-order valence-corrected chi connectivity index (χ2v) is 9.72. The van der Waals surface area contributed by atoms with Gasteiger partial charge in [-0.15, -0.1) is 0 Å². The molecule has 4 aromatic carbocycles. The minimum Gasteiger partial charge on any atom is -0.297 e. The Labute approximate surface area is 246 Å². The number of rotatable bonds is 9. The van der Waals surface area contributed by atoms with Gasteiger partial charge in [0.15, 0.2) is 0 Å². The third-order valence-electron chi connectivity index (χ3n) is 5.94. The molecule has 0 heterocycles. The van der Waals surface area contributed by atoms with Crippen molar-refractivity contribution >= 4 is 51.7 Å². The van der Waals surface area contributed by atoms with Gasteiger partial charge >= 0.3 is 0 Å². The lowest BCUT2D eigenvalue weighted by molar-refractivity contribution is -0.126. The quantitative estimate of drug-likeness (QED) is 0.169. The predicted molar refractivity (Wildman–Crippen MR) is 173 cm³/mol. The number of carbonyl (C=O) groups excluding carboxylic acids is 1. The van der Waals surface area contributed by atoms with Gasteiger partial charge in [0.2, 0.25) is 5.91 Å². The fraction of sp³-hybridized carbons (Fsp3) is 0.0606. The van der Waals surface area contributed by atoms with Crippen molar-refractivity contribution in [1.29, 1.82) is 0 Å². The molecule has 7 heteroatoms. The number of hydrogen-bond donors (Lipinski definition) is 1. The molecular weight excluding hydrogens is 533 g/mol. The Morgan fingerprint density at radius 3 is 1.57 bits per heavy atom. The van der Waals surface area contributed by atoms with Gasteiger partial charge in [0.25, 0.3) is 0 Å². The second kappa shape index (κ2) is 13.5. The minimum absolute atomic E-state index is 0.236. The van der Waals surface area contributed by atoms with E-state index in [0.717, 1.165) is 22.5 Å². The molecule has 40 heavy (non-hydrogen) atoms. The second-order valence-electron chi connectivity index (χ2n) is 8.95. The molecule has 5 nitrogen and oxygen atoms in total. The Morgan fingerprint density at radius 1 is 0.675 bits per heavy atom. The van der Waals surface area contributed by atoms with Crippen molar-refractivity contribution in [2.75, 3.05) is 10.0 Å². The number of anilines is 2. The summed E-state index contributed by atoms with van der Waals surface area (Å²) in [4.78, 5) is 14.2. The number of hydrogen-bond acceptors (Lipinski definition) is 4. The van der Waals surface area contributed by atoms with Crippen LogP contribution in [0.1, 0.15) is 24.5 Å². The van der Waals surface area contributed by atoms with Crippen molar-refractivity contribution in [3.05, 3.63) is 157 Å². The number of nitrogens with zero attached hydrogens (tertiary/aromatic N) is 3. The average Bonchev–Trinajstić information content (AvgIpc) is 2.99. The Balaban J connectivity index is 1.61. The molecule has 0 aliphatic carbocycles. The molecule has 200 valence electrons. The van der Waals surface area contributed by atoms with Crippen molar-refractivity contribution in [1.82, 2.24) is 10.4 Å². The Bertz CT molecular complexity index is 1490. The molecule has 0 saturated heterocycles. The van der Waals surface area contributed by atoms with Crippen molar-refractivity contribution < 1.29 is 4.79 Å². The number of nitrogens with one attached hydrogen (secondary N) is 1. The molecule has 0 fully saturated rings. The zero-order valence-corrected chi connectivity index (χ0v) is 23.9. The first kappa shape index (κ1) is 28.4. The molecule has 0 aliphatic rings. The molecule has 0 saturated carbocycles. The van der Waals surface area contributed by atoms with Crippen LogP contribution in [0.25, 0.3) is 0 Å². The lowest BCUT2D eigenvalue weighted by Crippen LogP contribution is -2.49. The molecule has 4 aromatic rings. The van der Waals surface area contributed by atoms with Gasteiger partial charge in [-0.25, -0.2) is 15.0 Å². The van der Waals surface area contributed by atoms with Gasteiger partial charge in [-0.05, 0) is 24.3 Å². The molecule has 1 N–H and O–H groups in total. The average molecular weight is 563 g/mol. The van der Waals surface area contributed by atoms with E-state index in [9.17, 15) is 4.79 Å². The van der Waals surface area contributed by atoms with Gasteiger partial charge in [-0.3, -0.25) is 10.2 Å². The highest BCUT2D eigenvalue weighted by molar-refractivity contribution is 7.81. The predicted octanol–water partition coefficient (Wildman–Crippen LogP) is 7.44. The maximum atomic E-state index is 13.1. The van der Waals surface area contributed by atoms with E-state index in [0.29, 0.717) is 21.4 Å². The summed E-state index contributed by atoms with van der Waals surface area (Å²) in [5.41, 5.74) is 7.71. The van der Waals surface area contributed by atoms with E-state index in [-0.39, 0.29) is 12.3 Å². The van der Waals surface area contributed by atoms with Crippen LogP contribution in [-0.4, -0.2) is 20.9 Å². The summed E-state index contributed by atoms with van der Waals surface area (Å²) in [6.07, 6.45) is 0.251. The van der Waals surface area contributed by atoms with Crippen LogP contribution < -0.4 is 15.4 Å². The molecule has 0 aromatic heterocycles. The van der Waals surface area contributed by atoms with E-state index < -0.39 is 0 Å². The van der Waals surface area contributed by atoms with Crippen LogP contribution in [0.2, 0.25) is 0 Å². The fourth-order valence-corrected chi connectivity index (χ4v) is 4.75. The first-order chi connectivity index (χ1) is 19.4. The highest BCUT2D eigenvalue weighted by Gasteiger charge is 2.27. The van der Waals surface area contributed by atoms with Crippen molar-refractivity contribution in [2.45, 2.75) is 13.3 Å². The van der Waals surface area contributed by atoms with Crippen molar-refractivity contribution in [3.8, 4) is 0 Å². The summed E-state index contributed by atoms with van der Waals surface area (Å²) in [6, 6.07) is 38.6. The van der Waals surface area contributed by atoms with Gasteiger partial charge in [-0.1, -0.05) is 135 Å². The Kier molecular flexibility index (Phi) is 9.57.